The SMILES string of the molecule is Nc1nc2c(ncn2[C@@H]2O[C@@H]3COP(=O)(O)CO[C@H]4C[C@H](n5cnc6c(N)ncnc65)O[C@@H]4COP(=O)(O)O[C@@H]2[C@@H]3O)c(=O)[nH]1. The second-order valence-corrected chi connectivity index (χ2v) is 13.6. The molecule has 24 heteroatoms. The highest BCUT2D eigenvalue weighted by atomic mass is 31.2. The van der Waals surface area contributed by atoms with E-state index in [2.05, 4.69) is 29.9 Å². The maximum Gasteiger partial charge on any atom is 0.472 e. The molecule has 2 unspecified atom stereocenters. The fraction of sp³-hybridized carbons (Fsp3) is 0.524. The van der Waals surface area contributed by atoms with Crippen molar-refractivity contribution in [3.05, 3.63) is 29.3 Å². The van der Waals surface area contributed by atoms with Crippen LogP contribution >= 0.6 is 15.4 Å². The minimum atomic E-state index is -4.99. The Kier molecular flexibility index (Phi) is 7.49. The number of aromatic nitrogens is 8. The second-order valence-electron chi connectivity index (χ2n) is 10.4. The molecule has 0 aliphatic carbocycles. The molecule has 0 saturated carbocycles. The molecule has 45 heavy (non-hydrogen) atoms. The number of aliphatic hydroxyl groups excluding tert-OH is 1. The average Bonchev–Trinajstić information content (AvgIpc) is 3.75. The van der Waals surface area contributed by atoms with E-state index in [0.29, 0.717) is 11.2 Å². The number of phosphoric ester groups is 1. The van der Waals surface area contributed by atoms with E-state index >= 15 is 0 Å². The predicted octanol–water partition coefficient (Wildman–Crippen LogP) is -1.27. The number of ether oxygens (including phenoxy) is 3. The number of nitrogens with one attached hydrogen (secondary N) is 1. The number of hydrogen-bond donors (Lipinski definition) is 6. The monoisotopic (exact) mass is 672 g/mol. The van der Waals surface area contributed by atoms with Crippen molar-refractivity contribution in [2.75, 3.05) is 31.0 Å². The molecule has 3 fully saturated rings. The number of nitrogens with two attached hydrogens (primary N) is 2. The maximum absolute atomic E-state index is 13.2. The van der Waals surface area contributed by atoms with Gasteiger partial charge in [-0.1, -0.05) is 0 Å². The lowest BCUT2D eigenvalue weighted by Gasteiger charge is -2.26. The number of nitrogen functional groups attached to an aromatic ring is 2. The molecular weight excluding hydrogens is 646 g/mol. The van der Waals surface area contributed by atoms with Gasteiger partial charge in [0.1, 0.15) is 48.8 Å². The first kappa shape index (κ1) is 30.3. The first-order valence-corrected chi connectivity index (χ1v) is 16.5. The zero-order valence-corrected chi connectivity index (χ0v) is 24.6. The van der Waals surface area contributed by atoms with E-state index in [1.54, 1.807) is 4.57 Å². The van der Waals surface area contributed by atoms with Gasteiger partial charge in [-0.2, -0.15) is 4.98 Å². The van der Waals surface area contributed by atoms with Crippen LogP contribution < -0.4 is 17.0 Å². The van der Waals surface area contributed by atoms with Crippen LogP contribution in [0, 0.1) is 0 Å². The van der Waals surface area contributed by atoms with Crippen LogP contribution in [0.3, 0.4) is 0 Å². The summed E-state index contributed by atoms with van der Waals surface area (Å²) in [4.78, 5) is 56.2. The van der Waals surface area contributed by atoms with Crippen LogP contribution in [0.1, 0.15) is 18.9 Å². The molecule has 8 N–H and O–H groups in total. The minimum absolute atomic E-state index is 0.0814. The van der Waals surface area contributed by atoms with Gasteiger partial charge in [0.15, 0.2) is 28.9 Å². The van der Waals surface area contributed by atoms with Crippen molar-refractivity contribution in [2.24, 2.45) is 0 Å². The minimum Gasteiger partial charge on any atom is -0.387 e. The first-order valence-electron chi connectivity index (χ1n) is 13.3. The molecule has 0 amide bonds. The van der Waals surface area contributed by atoms with Crippen molar-refractivity contribution >= 4 is 49.5 Å². The van der Waals surface area contributed by atoms with Gasteiger partial charge in [0.2, 0.25) is 5.95 Å². The molecule has 2 bridgehead atoms. The largest absolute Gasteiger partial charge is 0.472 e. The molecule has 242 valence electrons. The van der Waals surface area contributed by atoms with Crippen molar-refractivity contribution in [1.29, 1.82) is 0 Å². The third-order valence-corrected chi connectivity index (χ3v) is 9.48. The van der Waals surface area contributed by atoms with Gasteiger partial charge in [-0.25, -0.2) is 24.5 Å². The summed E-state index contributed by atoms with van der Waals surface area (Å²) in [7, 11) is -9.45. The van der Waals surface area contributed by atoms with Gasteiger partial charge in [-0.3, -0.25) is 32.5 Å². The number of hydrogen-bond acceptors (Lipinski definition) is 17. The summed E-state index contributed by atoms with van der Waals surface area (Å²) in [6.45, 7) is -1.25. The molecule has 7 heterocycles. The van der Waals surface area contributed by atoms with E-state index in [9.17, 15) is 28.8 Å². The Balaban J connectivity index is 1.18. The normalized spacial score (nSPS) is 36.3. The van der Waals surface area contributed by atoms with Crippen LogP contribution in [0.15, 0.2) is 23.8 Å². The van der Waals surface area contributed by atoms with E-state index in [-0.39, 0.29) is 29.4 Å². The van der Waals surface area contributed by atoms with Crippen LogP contribution in [0.5, 0.6) is 0 Å². The highest BCUT2D eigenvalue weighted by Crippen LogP contribution is 2.51. The fourth-order valence-corrected chi connectivity index (χ4v) is 7.14. The standard InChI is InChI=1S/C21H26N10O12P2/c22-16-12-17(25-4-24-16)30(5-26-12)11-1-8-9(41-11)2-40-45(36,37)43-15-14(32)10(3-39-44(34,35)7-38-8)42-20(15)31-6-27-13-18(31)28-21(23)29-19(13)33/h4-6,8-11,14-15,20,32H,1-3,7H2,(H,34,35)(H,36,37)(H2,22,24,25)(H3,23,28,29,33)/t8-,9+,10+,11+,14+,15+,20+/m0/s1. The molecule has 4 aromatic rings. The maximum atomic E-state index is 13.2. The topological polar surface area (TPSA) is 309 Å². The molecule has 0 radical (unpaired) electrons. The van der Waals surface area contributed by atoms with Crippen LogP contribution in [-0.2, 0) is 36.9 Å². The van der Waals surface area contributed by atoms with Gasteiger partial charge < -0.3 is 45.1 Å². The lowest BCUT2D eigenvalue weighted by Crippen LogP contribution is -2.36. The molecule has 22 nitrogen and oxygen atoms in total. The van der Waals surface area contributed by atoms with Crippen LogP contribution in [0.2, 0.25) is 0 Å². The number of imidazole rings is 2. The van der Waals surface area contributed by atoms with Gasteiger partial charge >= 0.3 is 15.4 Å². The third-order valence-electron chi connectivity index (χ3n) is 7.46. The van der Waals surface area contributed by atoms with Gasteiger partial charge in [0.05, 0.1) is 32.0 Å². The van der Waals surface area contributed by atoms with Crippen LogP contribution in [0.4, 0.5) is 11.8 Å². The van der Waals surface area contributed by atoms with Crippen molar-refractivity contribution in [3.63, 3.8) is 0 Å². The summed E-state index contributed by atoms with van der Waals surface area (Å²) < 4.78 is 62.3. The molecule has 4 aromatic heterocycles. The lowest BCUT2D eigenvalue weighted by molar-refractivity contribution is -0.0630. The highest BCUT2D eigenvalue weighted by Gasteiger charge is 2.51. The Morgan fingerprint density at radius 3 is 2.51 bits per heavy atom. The number of fused-ring (bicyclic) bond motifs is 5. The van der Waals surface area contributed by atoms with E-state index in [1.165, 1.54) is 12.7 Å². The molecule has 3 aliphatic rings. The Morgan fingerprint density at radius 2 is 1.69 bits per heavy atom. The number of aliphatic hydroxyl groups is 1. The van der Waals surface area contributed by atoms with Crippen molar-refractivity contribution < 1.29 is 51.8 Å². The molecule has 7 rings (SSSR count). The third kappa shape index (κ3) is 5.64. The summed E-state index contributed by atoms with van der Waals surface area (Å²) in [5, 5.41) is 11.0. The predicted molar refractivity (Wildman–Crippen MR) is 147 cm³/mol. The van der Waals surface area contributed by atoms with E-state index < -0.39 is 83.5 Å². The Morgan fingerprint density at radius 1 is 0.933 bits per heavy atom. The van der Waals surface area contributed by atoms with Gasteiger partial charge in [-0.05, 0) is 0 Å². The number of aromatic amines is 1. The van der Waals surface area contributed by atoms with Crippen LogP contribution in [-0.4, -0.2) is 104 Å². The van der Waals surface area contributed by atoms with Gasteiger partial charge in [0.25, 0.3) is 5.56 Å². The molecular formula is C21H26N10O12P2. The quantitative estimate of drug-likeness (QED) is 0.135. The number of rotatable bonds is 2. The van der Waals surface area contributed by atoms with E-state index in [0.717, 1.165) is 10.9 Å². The number of anilines is 2. The van der Waals surface area contributed by atoms with E-state index in [1.807, 2.05) is 0 Å². The molecule has 3 aliphatic heterocycles. The zero-order chi connectivity index (χ0) is 31.7. The first-order chi connectivity index (χ1) is 21.4. The average molecular weight is 672 g/mol. The molecule has 0 spiro atoms. The Labute approximate surface area is 250 Å². The molecule has 0 aromatic carbocycles. The summed E-state index contributed by atoms with van der Waals surface area (Å²) in [6, 6.07) is 0. The summed E-state index contributed by atoms with van der Waals surface area (Å²) in [5.41, 5.74) is 11.3. The van der Waals surface area contributed by atoms with Gasteiger partial charge in [-0.15, -0.1) is 0 Å². The summed E-state index contributed by atoms with van der Waals surface area (Å²) in [5.74, 6) is -0.120. The second kappa shape index (κ2) is 11.1. The smallest absolute Gasteiger partial charge is 0.387 e. The van der Waals surface area contributed by atoms with Crippen molar-refractivity contribution in [3.8, 4) is 0 Å². The molecule has 9 atom stereocenters. The number of nitrogens with zero attached hydrogens (tertiary/aromatic N) is 7. The lowest BCUT2D eigenvalue weighted by atomic mass is 10.1. The Bertz CT molecular complexity index is 1920. The van der Waals surface area contributed by atoms with Gasteiger partial charge in [0, 0.05) is 6.42 Å². The Hall–Kier alpha value is -3.40. The fourth-order valence-electron chi connectivity index (χ4n) is 5.37. The number of phosphoric acid groups is 1. The summed E-state index contributed by atoms with van der Waals surface area (Å²) >= 11 is 0. The van der Waals surface area contributed by atoms with Crippen molar-refractivity contribution in [2.45, 2.75) is 49.4 Å². The number of H-pyrrole nitrogens is 1. The van der Waals surface area contributed by atoms with E-state index in [4.69, 9.17) is 39.2 Å². The van der Waals surface area contributed by atoms with Crippen molar-refractivity contribution in [1.82, 2.24) is 39.0 Å². The van der Waals surface area contributed by atoms with Crippen LogP contribution in [0.25, 0.3) is 22.3 Å². The molecule has 3 saturated heterocycles. The zero-order valence-electron chi connectivity index (χ0n) is 22.8. The highest BCUT2D eigenvalue weighted by molar-refractivity contribution is 7.52. The summed E-state index contributed by atoms with van der Waals surface area (Å²) in [6.07, 6.45) is -5.90.